The second-order valence-corrected chi connectivity index (χ2v) is 9.14. The number of carbonyl (C=O) groups is 2. The minimum absolute atomic E-state index is 0.0674. The van der Waals surface area contributed by atoms with Gasteiger partial charge in [-0.25, -0.2) is 9.37 Å². The van der Waals surface area contributed by atoms with E-state index >= 15 is 0 Å². The molecule has 0 atom stereocenters. The summed E-state index contributed by atoms with van der Waals surface area (Å²) >= 11 is 1.50. The second-order valence-electron chi connectivity index (χ2n) is 8.03. The third kappa shape index (κ3) is 4.63. The smallest absolute Gasteiger partial charge is 0.261 e. The summed E-state index contributed by atoms with van der Waals surface area (Å²) in [6, 6.07) is 9.54. The summed E-state index contributed by atoms with van der Waals surface area (Å²) in [5, 5.41) is 2.93. The highest BCUT2D eigenvalue weighted by molar-refractivity contribution is 7.14. The van der Waals surface area contributed by atoms with Crippen molar-refractivity contribution in [2.45, 2.75) is 25.3 Å². The fraction of sp³-hybridized carbons (Fsp3) is 0.250. The molecule has 5 rings (SSSR count). The molecule has 1 aromatic carbocycles. The molecule has 0 radical (unpaired) electrons. The molecule has 33 heavy (non-hydrogen) atoms. The number of carbonyl (C=O) groups excluding carboxylic acids is 2. The van der Waals surface area contributed by atoms with Crippen molar-refractivity contribution < 1.29 is 14.0 Å². The van der Waals surface area contributed by atoms with E-state index in [9.17, 15) is 14.0 Å². The topological polar surface area (TPSA) is 79.6 Å². The van der Waals surface area contributed by atoms with Gasteiger partial charge < -0.3 is 14.6 Å². The number of likely N-dealkylation sites (tertiary alicyclic amines) is 1. The molecule has 1 N–H and O–H groups in total. The van der Waals surface area contributed by atoms with Crippen LogP contribution >= 0.6 is 11.3 Å². The summed E-state index contributed by atoms with van der Waals surface area (Å²) in [6.07, 6.45) is 8.75. The monoisotopic (exact) mass is 463 g/mol. The third-order valence-corrected chi connectivity index (χ3v) is 7.14. The summed E-state index contributed by atoms with van der Waals surface area (Å²) in [4.78, 5) is 37.4. The van der Waals surface area contributed by atoms with Crippen molar-refractivity contribution in [3.05, 3.63) is 88.0 Å². The lowest BCUT2D eigenvalue weighted by Crippen LogP contribution is -2.37. The Labute approximate surface area is 193 Å². The van der Waals surface area contributed by atoms with Crippen LogP contribution in [0.15, 0.2) is 61.2 Å². The summed E-state index contributed by atoms with van der Waals surface area (Å²) < 4.78 is 15.0. The number of hydrogen-bond acceptors (Lipinski definition) is 5. The second kappa shape index (κ2) is 9.11. The van der Waals surface area contributed by atoms with E-state index in [0.717, 1.165) is 29.1 Å². The highest BCUT2D eigenvalue weighted by Crippen LogP contribution is 2.33. The largest absolute Gasteiger partial charge is 0.346 e. The van der Waals surface area contributed by atoms with Gasteiger partial charge in [-0.05, 0) is 55.2 Å². The van der Waals surface area contributed by atoms with Gasteiger partial charge in [-0.15, -0.1) is 11.3 Å². The first-order valence-corrected chi connectivity index (χ1v) is 11.6. The van der Waals surface area contributed by atoms with Crippen molar-refractivity contribution in [1.82, 2.24) is 24.6 Å². The third-order valence-electron chi connectivity index (χ3n) is 5.89. The Hall–Kier alpha value is -3.59. The summed E-state index contributed by atoms with van der Waals surface area (Å²) in [7, 11) is 0. The predicted molar refractivity (Wildman–Crippen MR) is 123 cm³/mol. The molecule has 4 aromatic rings. The fourth-order valence-electron chi connectivity index (χ4n) is 4.05. The number of hydrogen-bond donors (Lipinski definition) is 1. The highest BCUT2D eigenvalue weighted by atomic mass is 32.1. The summed E-state index contributed by atoms with van der Waals surface area (Å²) in [5.41, 5.74) is 2.02. The van der Waals surface area contributed by atoms with Crippen molar-refractivity contribution in [2.75, 3.05) is 13.1 Å². The van der Waals surface area contributed by atoms with Crippen LogP contribution in [0.4, 0.5) is 4.39 Å². The van der Waals surface area contributed by atoms with E-state index in [1.54, 1.807) is 12.4 Å². The average Bonchev–Trinajstić information content (AvgIpc) is 3.52. The molecule has 0 saturated carbocycles. The molecule has 0 aliphatic carbocycles. The standard InChI is InChI=1S/C24H22FN5O2S/c25-18-3-1-17(2-4-18)24(32)29-10-7-16(8-11-29)20-5-6-21(33-20)23(31)28-13-19-15-30-12-9-26-22(30)14-27-19/h1-6,9,12,14-16H,7-8,10-11,13H2,(H,28,31). The number of imidazole rings is 1. The van der Waals surface area contributed by atoms with Gasteiger partial charge in [0.15, 0.2) is 5.65 Å². The molecule has 1 aliphatic heterocycles. The van der Waals surface area contributed by atoms with Gasteiger partial charge in [-0.1, -0.05) is 0 Å². The van der Waals surface area contributed by atoms with E-state index in [-0.39, 0.29) is 17.6 Å². The van der Waals surface area contributed by atoms with Crippen LogP contribution in [0.5, 0.6) is 0 Å². The van der Waals surface area contributed by atoms with Crippen molar-refractivity contribution in [3.8, 4) is 0 Å². The minimum Gasteiger partial charge on any atom is -0.346 e. The van der Waals surface area contributed by atoms with Crippen LogP contribution in [0, 0.1) is 5.82 Å². The highest BCUT2D eigenvalue weighted by Gasteiger charge is 2.26. The lowest BCUT2D eigenvalue weighted by Gasteiger charge is -2.31. The Morgan fingerprint density at radius 3 is 2.67 bits per heavy atom. The molecule has 0 unspecified atom stereocenters. The van der Waals surface area contributed by atoms with E-state index in [4.69, 9.17) is 0 Å². The molecule has 1 fully saturated rings. The van der Waals surface area contributed by atoms with Gasteiger partial charge in [0.1, 0.15) is 5.82 Å². The SMILES string of the molecule is O=C(NCc1cn2ccnc2cn1)c1ccc(C2CCN(C(=O)c3ccc(F)cc3)CC2)s1. The van der Waals surface area contributed by atoms with Crippen molar-refractivity contribution >= 4 is 28.8 Å². The average molecular weight is 464 g/mol. The number of nitrogens with one attached hydrogen (secondary N) is 1. The molecule has 9 heteroatoms. The van der Waals surface area contributed by atoms with Crippen LogP contribution in [-0.2, 0) is 6.54 Å². The molecule has 0 spiro atoms. The molecule has 1 saturated heterocycles. The fourth-order valence-corrected chi connectivity index (χ4v) is 5.15. The number of amides is 2. The van der Waals surface area contributed by atoms with Crippen LogP contribution < -0.4 is 5.32 Å². The maximum Gasteiger partial charge on any atom is 0.261 e. The summed E-state index contributed by atoms with van der Waals surface area (Å²) in [5.74, 6) is -0.220. The first kappa shape index (κ1) is 21.3. The molecule has 1 aliphatic rings. The number of nitrogens with zero attached hydrogens (tertiary/aromatic N) is 4. The molecule has 7 nitrogen and oxygen atoms in total. The van der Waals surface area contributed by atoms with Crippen LogP contribution in [0.25, 0.3) is 5.65 Å². The molecule has 2 amide bonds. The Morgan fingerprint density at radius 2 is 1.88 bits per heavy atom. The maximum atomic E-state index is 13.1. The predicted octanol–water partition coefficient (Wildman–Crippen LogP) is 3.88. The quantitative estimate of drug-likeness (QED) is 0.487. The van der Waals surface area contributed by atoms with E-state index in [1.807, 2.05) is 33.8 Å². The van der Waals surface area contributed by atoms with Crippen molar-refractivity contribution in [3.63, 3.8) is 0 Å². The van der Waals surface area contributed by atoms with Gasteiger partial charge in [0.2, 0.25) is 0 Å². The zero-order chi connectivity index (χ0) is 22.8. The number of benzene rings is 1. The van der Waals surface area contributed by atoms with E-state index in [1.165, 1.54) is 35.6 Å². The number of thiophene rings is 1. The Kier molecular flexibility index (Phi) is 5.87. The molecule has 0 bridgehead atoms. The normalized spacial score (nSPS) is 14.5. The van der Waals surface area contributed by atoms with Crippen LogP contribution in [0.2, 0.25) is 0 Å². The van der Waals surface area contributed by atoms with Crippen LogP contribution in [0.3, 0.4) is 0 Å². The van der Waals surface area contributed by atoms with Crippen LogP contribution in [0.1, 0.15) is 49.4 Å². The van der Waals surface area contributed by atoms with Gasteiger partial charge in [0, 0.05) is 42.1 Å². The van der Waals surface area contributed by atoms with E-state index in [2.05, 4.69) is 15.3 Å². The van der Waals surface area contributed by atoms with Gasteiger partial charge in [-0.2, -0.15) is 0 Å². The Morgan fingerprint density at radius 1 is 1.09 bits per heavy atom. The van der Waals surface area contributed by atoms with Gasteiger partial charge in [0.05, 0.1) is 23.3 Å². The lowest BCUT2D eigenvalue weighted by molar-refractivity contribution is 0.0713. The van der Waals surface area contributed by atoms with Crippen LogP contribution in [-0.4, -0.2) is 44.2 Å². The number of fused-ring (bicyclic) bond motifs is 1. The van der Waals surface area contributed by atoms with Gasteiger partial charge in [0.25, 0.3) is 11.8 Å². The zero-order valence-corrected chi connectivity index (χ0v) is 18.6. The van der Waals surface area contributed by atoms with Gasteiger partial charge >= 0.3 is 0 Å². The molecule has 3 aromatic heterocycles. The molecular formula is C24H22FN5O2S. The summed E-state index contributed by atoms with van der Waals surface area (Å²) in [6.45, 7) is 1.62. The van der Waals surface area contributed by atoms with Crippen molar-refractivity contribution in [1.29, 1.82) is 0 Å². The Balaban J connectivity index is 1.15. The van der Waals surface area contributed by atoms with E-state index < -0.39 is 0 Å². The van der Waals surface area contributed by atoms with E-state index in [0.29, 0.717) is 36.0 Å². The first-order chi connectivity index (χ1) is 16.1. The number of piperidine rings is 1. The Bertz CT molecular complexity index is 1290. The number of aromatic nitrogens is 3. The number of halogens is 1. The van der Waals surface area contributed by atoms with Crippen molar-refractivity contribution in [2.24, 2.45) is 0 Å². The molecular weight excluding hydrogens is 441 g/mol. The maximum absolute atomic E-state index is 13.1. The number of rotatable bonds is 5. The molecule has 168 valence electrons. The zero-order valence-electron chi connectivity index (χ0n) is 17.8. The lowest BCUT2D eigenvalue weighted by atomic mass is 9.95. The first-order valence-electron chi connectivity index (χ1n) is 10.8. The minimum atomic E-state index is -0.349. The molecule has 4 heterocycles. The van der Waals surface area contributed by atoms with Gasteiger partial charge in [-0.3, -0.25) is 14.6 Å².